The van der Waals surface area contributed by atoms with Crippen molar-refractivity contribution in [3.8, 4) is 40.3 Å². The summed E-state index contributed by atoms with van der Waals surface area (Å²) in [5.74, 6) is 6.88. The van der Waals surface area contributed by atoms with Crippen LogP contribution in [0.1, 0.15) is 52.9 Å². The smallest absolute Gasteiger partial charge is 0.255 e. The van der Waals surface area contributed by atoms with Crippen LogP contribution in [0.15, 0.2) is 85.5 Å². The molecule has 2 N–H and O–H groups in total. The Labute approximate surface area is 309 Å². The first-order valence-electron chi connectivity index (χ1n) is 17.9. The number of benzene rings is 2. The number of imide groups is 1. The van der Waals surface area contributed by atoms with E-state index in [1.807, 2.05) is 37.5 Å². The van der Waals surface area contributed by atoms with Gasteiger partial charge < -0.3 is 24.1 Å². The molecule has 6 aromatic rings. The molecule has 3 aliphatic rings. The van der Waals surface area contributed by atoms with E-state index in [0.717, 1.165) is 56.9 Å². The standard InChI is InChI=1S/C42H34N6O6/c1-24-15-26(25-4-8-34-35-22-43-13-12-36(35)46-37(34)17-25)20-45-41(24)54-32-18-31(19-32)53-30-6-5-28(44-21-30)3-2-14-52-29-7-9-33-27(16-29)23-48(42(33)51)38-10-11-39(49)47-40(38)50/h4-9,12-13,15-17,20-22,31-32,38,46H,10-11,14,18-19,23H2,1H3,(H,47,49,50)/t31-,32-,38?. The summed E-state index contributed by atoms with van der Waals surface area (Å²) in [4.78, 5) is 55.0. The summed E-state index contributed by atoms with van der Waals surface area (Å²) < 4.78 is 18.2. The van der Waals surface area contributed by atoms with E-state index in [9.17, 15) is 14.4 Å². The molecule has 2 aromatic carbocycles. The number of pyridine rings is 3. The Hall–Kier alpha value is -6.74. The highest BCUT2D eigenvalue weighted by Crippen LogP contribution is 2.34. The average molecular weight is 719 g/mol. The number of nitrogens with one attached hydrogen (secondary N) is 2. The number of amides is 3. The maximum atomic E-state index is 12.9. The van der Waals surface area contributed by atoms with Crippen LogP contribution in [0.5, 0.6) is 17.4 Å². The zero-order valence-electron chi connectivity index (χ0n) is 29.3. The maximum absolute atomic E-state index is 12.9. The number of H-pyrrole nitrogens is 1. The van der Waals surface area contributed by atoms with E-state index in [-0.39, 0.29) is 43.6 Å². The number of hydrogen-bond acceptors (Lipinski definition) is 9. The first-order valence-corrected chi connectivity index (χ1v) is 17.9. The number of aromatic nitrogens is 4. The number of aryl methyl sites for hydroxylation is 1. The van der Waals surface area contributed by atoms with Gasteiger partial charge in [0.25, 0.3) is 5.91 Å². The molecule has 0 spiro atoms. The SMILES string of the molecule is Cc1cc(-c2ccc3c(c2)[nH]c2ccncc23)cnc1O[C@H]1C[C@H](Oc2ccc(C#CCOc3ccc4c(c3)CN(C3CCC(=O)NC3=O)C4=O)nc2)C1. The summed E-state index contributed by atoms with van der Waals surface area (Å²) in [6.07, 6.45) is 9.29. The van der Waals surface area contributed by atoms with E-state index in [1.54, 1.807) is 30.6 Å². The van der Waals surface area contributed by atoms with E-state index in [1.165, 1.54) is 4.90 Å². The lowest BCUT2D eigenvalue weighted by Crippen LogP contribution is -2.52. The van der Waals surface area contributed by atoms with Crippen LogP contribution in [0.3, 0.4) is 0 Å². The number of piperidine rings is 1. The van der Waals surface area contributed by atoms with Gasteiger partial charge in [-0.1, -0.05) is 18.1 Å². The number of hydrogen-bond donors (Lipinski definition) is 2. The van der Waals surface area contributed by atoms with E-state index < -0.39 is 11.9 Å². The number of nitrogens with zero attached hydrogens (tertiary/aromatic N) is 4. The van der Waals surface area contributed by atoms with Crippen LogP contribution in [0.4, 0.5) is 0 Å². The number of fused-ring (bicyclic) bond motifs is 4. The van der Waals surface area contributed by atoms with Gasteiger partial charge in [0.2, 0.25) is 17.7 Å². The normalized spacial score (nSPS) is 19.2. The molecular weight excluding hydrogens is 684 g/mol. The van der Waals surface area contributed by atoms with Gasteiger partial charge >= 0.3 is 0 Å². The van der Waals surface area contributed by atoms with Gasteiger partial charge in [0.05, 0.1) is 6.20 Å². The van der Waals surface area contributed by atoms with Crippen molar-refractivity contribution < 1.29 is 28.6 Å². The predicted octanol–water partition coefficient (Wildman–Crippen LogP) is 5.66. The Morgan fingerprint density at radius 1 is 0.852 bits per heavy atom. The Morgan fingerprint density at radius 3 is 2.56 bits per heavy atom. The molecule has 4 aromatic heterocycles. The Balaban J connectivity index is 0.735. The molecule has 1 atom stereocenters. The second-order valence-electron chi connectivity index (χ2n) is 13.8. The maximum Gasteiger partial charge on any atom is 0.255 e. The third-order valence-electron chi connectivity index (χ3n) is 10.2. The summed E-state index contributed by atoms with van der Waals surface area (Å²) in [5, 5.41) is 4.58. The van der Waals surface area contributed by atoms with Crippen LogP contribution >= 0.6 is 0 Å². The van der Waals surface area contributed by atoms with Crippen molar-refractivity contribution >= 4 is 39.5 Å². The van der Waals surface area contributed by atoms with Crippen LogP contribution in [0, 0.1) is 18.8 Å². The summed E-state index contributed by atoms with van der Waals surface area (Å²) in [5.41, 5.74) is 7.11. The van der Waals surface area contributed by atoms with Gasteiger partial charge in [-0.25, -0.2) is 9.97 Å². The Kier molecular flexibility index (Phi) is 8.38. The second kappa shape index (κ2) is 13.7. The minimum atomic E-state index is -0.656. The Bertz CT molecular complexity index is 2530. The summed E-state index contributed by atoms with van der Waals surface area (Å²) in [6, 6.07) is 18.7. The monoisotopic (exact) mass is 718 g/mol. The fraction of sp³-hybridized carbons (Fsp3) is 0.238. The van der Waals surface area contributed by atoms with Crippen molar-refractivity contribution in [2.75, 3.05) is 6.61 Å². The van der Waals surface area contributed by atoms with Gasteiger partial charge in [-0.2, -0.15) is 0 Å². The van der Waals surface area contributed by atoms with Crippen LogP contribution < -0.4 is 19.5 Å². The minimum Gasteiger partial charge on any atom is -0.489 e. The lowest BCUT2D eigenvalue weighted by atomic mass is 9.92. The van der Waals surface area contributed by atoms with Crippen LogP contribution in [0.25, 0.3) is 32.9 Å². The molecule has 0 radical (unpaired) electrons. The fourth-order valence-electron chi connectivity index (χ4n) is 7.24. The molecule has 12 nitrogen and oxygen atoms in total. The molecular formula is C42H34N6O6. The van der Waals surface area contributed by atoms with Crippen molar-refractivity contribution in [2.45, 2.75) is 57.4 Å². The van der Waals surface area contributed by atoms with Crippen LogP contribution in [-0.2, 0) is 16.1 Å². The molecule has 2 aliphatic heterocycles. The third-order valence-corrected chi connectivity index (χ3v) is 10.2. The second-order valence-corrected chi connectivity index (χ2v) is 13.8. The molecule has 1 saturated heterocycles. The lowest BCUT2D eigenvalue weighted by Gasteiger charge is -2.35. The largest absolute Gasteiger partial charge is 0.489 e. The highest BCUT2D eigenvalue weighted by molar-refractivity contribution is 6.08. The molecule has 3 amide bonds. The average Bonchev–Trinajstić information content (AvgIpc) is 3.70. The quantitative estimate of drug-likeness (QED) is 0.150. The lowest BCUT2D eigenvalue weighted by molar-refractivity contribution is -0.136. The van der Waals surface area contributed by atoms with Crippen molar-refractivity contribution in [2.24, 2.45) is 0 Å². The fourth-order valence-corrected chi connectivity index (χ4v) is 7.24. The summed E-state index contributed by atoms with van der Waals surface area (Å²) in [7, 11) is 0. The predicted molar refractivity (Wildman–Crippen MR) is 199 cm³/mol. The van der Waals surface area contributed by atoms with Gasteiger partial charge in [-0.3, -0.25) is 24.7 Å². The van der Waals surface area contributed by atoms with Gasteiger partial charge in [-0.15, -0.1) is 0 Å². The highest BCUT2D eigenvalue weighted by atomic mass is 16.5. The molecule has 1 saturated carbocycles. The van der Waals surface area contributed by atoms with Gasteiger partial charge in [-0.05, 0) is 78.9 Å². The topological polar surface area (TPSA) is 149 Å². The molecule has 2 fully saturated rings. The molecule has 6 heterocycles. The Morgan fingerprint density at radius 2 is 1.72 bits per heavy atom. The van der Waals surface area contributed by atoms with Crippen molar-refractivity contribution in [1.82, 2.24) is 30.2 Å². The van der Waals surface area contributed by atoms with Crippen molar-refractivity contribution in [3.05, 3.63) is 108 Å². The van der Waals surface area contributed by atoms with E-state index in [4.69, 9.17) is 14.2 Å². The molecule has 12 heteroatoms. The van der Waals surface area contributed by atoms with Crippen molar-refractivity contribution in [1.29, 1.82) is 0 Å². The number of carbonyl (C=O) groups is 3. The number of aromatic amines is 1. The molecule has 0 bridgehead atoms. The van der Waals surface area contributed by atoms with Crippen molar-refractivity contribution in [3.63, 3.8) is 0 Å². The van der Waals surface area contributed by atoms with E-state index in [2.05, 4.69) is 61.4 Å². The number of rotatable bonds is 8. The van der Waals surface area contributed by atoms with E-state index >= 15 is 0 Å². The molecule has 1 aliphatic carbocycles. The zero-order valence-corrected chi connectivity index (χ0v) is 29.3. The zero-order chi connectivity index (χ0) is 36.8. The van der Waals surface area contributed by atoms with Crippen LogP contribution in [0.2, 0.25) is 0 Å². The number of carbonyl (C=O) groups excluding carboxylic acids is 3. The minimum absolute atomic E-state index is 0.0249. The number of ether oxygens (including phenoxy) is 3. The third kappa shape index (κ3) is 6.45. The summed E-state index contributed by atoms with van der Waals surface area (Å²) in [6.45, 7) is 2.43. The van der Waals surface area contributed by atoms with Gasteiger partial charge in [0.15, 0.2) is 0 Å². The van der Waals surface area contributed by atoms with Gasteiger partial charge in [0.1, 0.15) is 42.0 Å². The highest BCUT2D eigenvalue weighted by Gasteiger charge is 2.39. The first-order chi connectivity index (χ1) is 26.3. The summed E-state index contributed by atoms with van der Waals surface area (Å²) >= 11 is 0. The molecule has 9 rings (SSSR count). The molecule has 268 valence electrons. The molecule has 54 heavy (non-hydrogen) atoms. The van der Waals surface area contributed by atoms with Gasteiger partial charge in [0, 0.05) is 82.9 Å². The van der Waals surface area contributed by atoms with Crippen LogP contribution in [-0.4, -0.2) is 67.4 Å². The first kappa shape index (κ1) is 33.1. The van der Waals surface area contributed by atoms with E-state index in [0.29, 0.717) is 35.1 Å². The molecule has 1 unspecified atom stereocenters.